The van der Waals surface area contributed by atoms with Gasteiger partial charge in [-0.3, -0.25) is 19.2 Å². The standard InChI is InChI=1S/C30H37FN4O6/c1-20-29(39)35(2)14-17-41-25-9-4-3-8-23(25)27(37)34-24(10-11-26(36)33-20)28(38)32-19-30(12-15-40-16-13-30)21-6-5-7-22(31)18-21/h3-9,18,20,24H,10-17,19H2,1-2H3,(H,32,38)(H,33,36)(H,34,37)/t20-,24-/m0/s1. The molecule has 2 atom stereocenters. The molecule has 1 fully saturated rings. The van der Waals surface area contributed by atoms with E-state index >= 15 is 0 Å². The van der Waals surface area contributed by atoms with Gasteiger partial charge in [0.1, 0.15) is 30.3 Å². The molecule has 11 heteroatoms. The molecule has 1 saturated heterocycles. The number of rotatable bonds is 4. The van der Waals surface area contributed by atoms with Gasteiger partial charge in [-0.1, -0.05) is 24.3 Å². The number of amides is 4. The molecule has 0 unspecified atom stereocenters. The minimum Gasteiger partial charge on any atom is -0.491 e. The molecule has 0 radical (unpaired) electrons. The quantitative estimate of drug-likeness (QED) is 0.518. The van der Waals surface area contributed by atoms with E-state index in [1.807, 2.05) is 6.07 Å². The van der Waals surface area contributed by atoms with Crippen LogP contribution in [0.1, 0.15) is 48.5 Å². The zero-order chi connectivity index (χ0) is 29.4. The Balaban J connectivity index is 1.56. The van der Waals surface area contributed by atoms with Crippen LogP contribution in [-0.2, 0) is 24.5 Å². The highest BCUT2D eigenvalue weighted by atomic mass is 19.1. The van der Waals surface area contributed by atoms with E-state index in [-0.39, 0.29) is 49.8 Å². The number of likely N-dealkylation sites (N-methyl/N-ethyl adjacent to an activating group) is 1. The third-order valence-electron chi connectivity index (χ3n) is 7.71. The Bertz CT molecular complexity index is 1270. The molecular formula is C30H37FN4O6. The summed E-state index contributed by atoms with van der Waals surface area (Å²) >= 11 is 0. The summed E-state index contributed by atoms with van der Waals surface area (Å²) in [6.07, 6.45) is 1.07. The highest BCUT2D eigenvalue weighted by Crippen LogP contribution is 2.34. The first-order valence-electron chi connectivity index (χ1n) is 13.9. The van der Waals surface area contributed by atoms with Crippen molar-refractivity contribution in [2.45, 2.75) is 50.1 Å². The molecule has 220 valence electrons. The number of benzene rings is 2. The van der Waals surface area contributed by atoms with E-state index in [1.54, 1.807) is 44.3 Å². The molecule has 2 heterocycles. The lowest BCUT2D eigenvalue weighted by Gasteiger charge is -2.38. The lowest BCUT2D eigenvalue weighted by atomic mass is 9.74. The van der Waals surface area contributed by atoms with Crippen molar-refractivity contribution in [1.82, 2.24) is 20.9 Å². The first-order chi connectivity index (χ1) is 19.7. The Morgan fingerprint density at radius 3 is 2.59 bits per heavy atom. The van der Waals surface area contributed by atoms with Crippen molar-refractivity contribution in [3.05, 3.63) is 65.5 Å². The van der Waals surface area contributed by atoms with Crippen LogP contribution in [-0.4, -0.2) is 80.6 Å². The van der Waals surface area contributed by atoms with Gasteiger partial charge in [-0.25, -0.2) is 4.39 Å². The summed E-state index contributed by atoms with van der Waals surface area (Å²) in [6.45, 7) is 3.11. The lowest BCUT2D eigenvalue weighted by Crippen LogP contribution is -2.52. The lowest BCUT2D eigenvalue weighted by molar-refractivity contribution is -0.135. The van der Waals surface area contributed by atoms with E-state index in [0.29, 0.717) is 31.8 Å². The molecule has 41 heavy (non-hydrogen) atoms. The maximum absolute atomic E-state index is 14.1. The maximum atomic E-state index is 14.1. The van der Waals surface area contributed by atoms with Gasteiger partial charge in [-0.15, -0.1) is 0 Å². The zero-order valence-corrected chi connectivity index (χ0v) is 23.4. The van der Waals surface area contributed by atoms with Crippen LogP contribution in [0.4, 0.5) is 4.39 Å². The monoisotopic (exact) mass is 568 g/mol. The number of hydrogen-bond donors (Lipinski definition) is 3. The van der Waals surface area contributed by atoms with Crippen molar-refractivity contribution in [3.8, 4) is 5.75 Å². The van der Waals surface area contributed by atoms with Crippen LogP contribution in [0.2, 0.25) is 0 Å². The van der Waals surface area contributed by atoms with Crippen molar-refractivity contribution in [3.63, 3.8) is 0 Å². The van der Waals surface area contributed by atoms with E-state index in [9.17, 15) is 23.6 Å². The predicted molar refractivity (Wildman–Crippen MR) is 149 cm³/mol. The Morgan fingerprint density at radius 1 is 1.07 bits per heavy atom. The molecule has 2 aliphatic heterocycles. The largest absolute Gasteiger partial charge is 0.491 e. The van der Waals surface area contributed by atoms with E-state index in [2.05, 4.69) is 16.0 Å². The van der Waals surface area contributed by atoms with Crippen molar-refractivity contribution in [2.75, 3.05) is 40.0 Å². The molecule has 2 aromatic carbocycles. The number of nitrogens with one attached hydrogen (secondary N) is 3. The molecule has 4 amide bonds. The summed E-state index contributed by atoms with van der Waals surface area (Å²) in [7, 11) is 1.61. The Labute approximate surface area is 238 Å². The van der Waals surface area contributed by atoms with E-state index in [0.717, 1.165) is 5.56 Å². The number of ether oxygens (including phenoxy) is 2. The average molecular weight is 569 g/mol. The SMILES string of the molecule is C[C@@H]1NC(=O)CC[C@@H](C(=O)NCC2(c3cccc(F)c3)CCOCC2)NC(=O)c2ccccc2OCCN(C)C1=O. The van der Waals surface area contributed by atoms with Gasteiger partial charge in [-0.2, -0.15) is 0 Å². The molecule has 0 aliphatic carbocycles. The highest BCUT2D eigenvalue weighted by molar-refractivity contribution is 5.99. The van der Waals surface area contributed by atoms with Crippen LogP contribution in [0.25, 0.3) is 0 Å². The van der Waals surface area contributed by atoms with Crippen molar-refractivity contribution >= 4 is 23.6 Å². The number of carbonyl (C=O) groups is 4. The number of nitrogens with zero attached hydrogens (tertiary/aromatic N) is 1. The van der Waals surface area contributed by atoms with Crippen molar-refractivity contribution < 1.29 is 33.0 Å². The second kappa shape index (κ2) is 13.6. The molecule has 2 aromatic rings. The third-order valence-corrected chi connectivity index (χ3v) is 7.71. The summed E-state index contributed by atoms with van der Waals surface area (Å²) in [4.78, 5) is 53.7. The van der Waals surface area contributed by atoms with Gasteiger partial charge >= 0.3 is 0 Å². The molecule has 0 bridgehead atoms. The number of carbonyl (C=O) groups excluding carboxylic acids is 4. The van der Waals surface area contributed by atoms with Gasteiger partial charge in [0, 0.05) is 38.6 Å². The van der Waals surface area contributed by atoms with Gasteiger partial charge in [-0.05, 0) is 56.0 Å². The van der Waals surface area contributed by atoms with Crippen LogP contribution in [0.3, 0.4) is 0 Å². The summed E-state index contributed by atoms with van der Waals surface area (Å²) in [6, 6.07) is 11.2. The first kappa shape index (κ1) is 30.0. The topological polar surface area (TPSA) is 126 Å². The average Bonchev–Trinajstić information content (AvgIpc) is 2.97. The van der Waals surface area contributed by atoms with Crippen molar-refractivity contribution in [1.29, 1.82) is 0 Å². The smallest absolute Gasteiger partial charge is 0.255 e. The minimum absolute atomic E-state index is 0.000737. The zero-order valence-electron chi connectivity index (χ0n) is 23.4. The molecule has 0 aromatic heterocycles. The van der Waals surface area contributed by atoms with Gasteiger partial charge < -0.3 is 30.3 Å². The van der Waals surface area contributed by atoms with Crippen LogP contribution >= 0.6 is 0 Å². The fourth-order valence-corrected chi connectivity index (χ4v) is 5.20. The van der Waals surface area contributed by atoms with Gasteiger partial charge in [0.05, 0.1) is 12.1 Å². The van der Waals surface area contributed by atoms with Crippen LogP contribution < -0.4 is 20.7 Å². The molecule has 0 spiro atoms. The molecule has 0 saturated carbocycles. The first-order valence-corrected chi connectivity index (χ1v) is 13.9. The van der Waals surface area contributed by atoms with E-state index in [1.165, 1.54) is 17.0 Å². The van der Waals surface area contributed by atoms with Gasteiger partial charge in [0.2, 0.25) is 17.7 Å². The predicted octanol–water partition coefficient (Wildman–Crippen LogP) is 1.92. The summed E-state index contributed by atoms with van der Waals surface area (Å²) in [5.74, 6) is -1.75. The van der Waals surface area contributed by atoms with Gasteiger partial charge in [0.15, 0.2) is 0 Å². The van der Waals surface area contributed by atoms with E-state index in [4.69, 9.17) is 9.47 Å². The minimum atomic E-state index is -1.05. The number of hydrogen-bond acceptors (Lipinski definition) is 6. The van der Waals surface area contributed by atoms with Gasteiger partial charge in [0.25, 0.3) is 5.91 Å². The molecule has 4 rings (SSSR count). The molecule has 2 aliphatic rings. The third kappa shape index (κ3) is 7.60. The molecular weight excluding hydrogens is 531 g/mol. The summed E-state index contributed by atoms with van der Waals surface area (Å²) in [5, 5.41) is 8.39. The van der Waals surface area contributed by atoms with Crippen LogP contribution in [0.15, 0.2) is 48.5 Å². The Morgan fingerprint density at radius 2 is 1.83 bits per heavy atom. The second-order valence-electron chi connectivity index (χ2n) is 10.6. The Kier molecular flexibility index (Phi) is 9.93. The highest BCUT2D eigenvalue weighted by Gasteiger charge is 2.36. The Hall–Kier alpha value is -3.99. The van der Waals surface area contributed by atoms with Crippen LogP contribution in [0.5, 0.6) is 5.75 Å². The fourth-order valence-electron chi connectivity index (χ4n) is 5.20. The maximum Gasteiger partial charge on any atom is 0.255 e. The number of halogens is 1. The fraction of sp³-hybridized carbons (Fsp3) is 0.467. The second-order valence-corrected chi connectivity index (χ2v) is 10.6. The summed E-state index contributed by atoms with van der Waals surface area (Å²) < 4.78 is 25.5. The normalized spacial score (nSPS) is 22.2. The molecule has 10 nitrogen and oxygen atoms in total. The number of para-hydroxylation sites is 1. The summed E-state index contributed by atoms with van der Waals surface area (Å²) in [5.41, 5.74) is 0.452. The number of fused-ring (bicyclic) bond motifs is 1. The molecule has 3 N–H and O–H groups in total. The van der Waals surface area contributed by atoms with Crippen molar-refractivity contribution in [2.24, 2.45) is 0 Å². The van der Waals surface area contributed by atoms with E-state index < -0.39 is 35.2 Å². The van der Waals surface area contributed by atoms with Crippen LogP contribution in [0, 0.1) is 5.82 Å².